The van der Waals surface area contributed by atoms with E-state index in [1.165, 1.54) is 0 Å². The summed E-state index contributed by atoms with van der Waals surface area (Å²) < 4.78 is 17.4. The molecule has 0 bridgehead atoms. The standard InChI is InChI=1S/C4H7O2P2.2C2H5NO2.2V/c5-4-7-2-1-3-8-6;2*1-5-2(3)4;;/h7H,1-3H2;2*1H3,(H2,3,4);;/q-1;;;;+2/p-1. The van der Waals surface area contributed by atoms with Crippen LogP contribution in [0.1, 0.15) is 6.42 Å². The summed E-state index contributed by atoms with van der Waals surface area (Å²) in [6.45, 7) is 0. The van der Waals surface area contributed by atoms with Crippen molar-refractivity contribution in [3.63, 3.8) is 0 Å². The summed E-state index contributed by atoms with van der Waals surface area (Å²) in [4.78, 5) is 28.1. The van der Waals surface area contributed by atoms with Crippen LogP contribution in [-0.2, 0) is 55.9 Å². The van der Waals surface area contributed by atoms with Gasteiger partial charge in [-0.25, -0.2) is 6.03 Å². The predicted octanol–water partition coefficient (Wildman–Crippen LogP) is 2.75. The van der Waals surface area contributed by atoms with E-state index in [1.54, 1.807) is 6.03 Å². The molecular formula is C8H16N2O6P2V2. The van der Waals surface area contributed by atoms with E-state index in [2.05, 4.69) is 9.47 Å². The van der Waals surface area contributed by atoms with Gasteiger partial charge in [-0.05, 0) is 6.42 Å². The van der Waals surface area contributed by atoms with Gasteiger partial charge < -0.3 is 25.7 Å². The minimum Gasteiger partial charge on any atom is -0.632 e. The van der Waals surface area contributed by atoms with Gasteiger partial charge in [-0.2, -0.15) is 0 Å². The van der Waals surface area contributed by atoms with Crippen molar-refractivity contribution in [3.8, 4) is 0 Å². The van der Waals surface area contributed by atoms with Crippen LogP contribution in [0.3, 0.4) is 0 Å². The number of hydrogen-bond donors (Lipinski definition) is 0. The zero-order valence-corrected chi connectivity index (χ0v) is 15.8. The molecule has 0 fully saturated rings. The summed E-state index contributed by atoms with van der Waals surface area (Å²) in [6.07, 6.45) is 0.498. The average molecular weight is 400 g/mol. The molecule has 0 saturated heterocycles. The van der Waals surface area contributed by atoms with Crippen molar-refractivity contribution in [3.05, 3.63) is 11.5 Å². The van der Waals surface area contributed by atoms with Crippen molar-refractivity contribution >= 4 is 35.3 Å². The molecule has 0 aromatic carbocycles. The van der Waals surface area contributed by atoms with Crippen LogP contribution in [0.2, 0.25) is 0 Å². The summed E-state index contributed by atoms with van der Waals surface area (Å²) >= 11 is 0. The molecule has 8 nitrogen and oxygen atoms in total. The number of hydrogen-bond acceptors (Lipinski definition) is 6. The van der Waals surface area contributed by atoms with Crippen LogP contribution < -0.4 is 0 Å². The summed E-state index contributed by atoms with van der Waals surface area (Å²) in [6, 6.07) is 1.81. The second-order valence-corrected chi connectivity index (χ2v) is 4.11. The number of carbonyl (C=O) groups is 2. The van der Waals surface area contributed by atoms with Gasteiger partial charge in [0.1, 0.15) is 6.16 Å². The Morgan fingerprint density at radius 1 is 1.20 bits per heavy atom. The van der Waals surface area contributed by atoms with E-state index in [9.17, 15) is 18.9 Å². The molecule has 2 amide bonds. The Labute approximate surface area is 145 Å². The van der Waals surface area contributed by atoms with Crippen LogP contribution >= 0.6 is 17.0 Å². The molecule has 0 saturated carbocycles. The van der Waals surface area contributed by atoms with Crippen LogP contribution in [0.25, 0.3) is 11.5 Å². The van der Waals surface area contributed by atoms with Crippen LogP contribution in [0.5, 0.6) is 0 Å². The molecule has 0 aliphatic rings. The second kappa shape index (κ2) is 31.3. The van der Waals surface area contributed by atoms with Gasteiger partial charge in [0.2, 0.25) is 12.2 Å². The Morgan fingerprint density at radius 2 is 1.55 bits per heavy atom. The van der Waals surface area contributed by atoms with Gasteiger partial charge >= 0.3 is 27.0 Å². The fourth-order valence-electron chi connectivity index (χ4n) is 0.300. The topological polar surface area (TPSA) is 134 Å². The molecule has 2 unspecified atom stereocenters. The van der Waals surface area contributed by atoms with Gasteiger partial charge in [-0.15, -0.1) is 0 Å². The maximum Gasteiger partial charge on any atom is 2.00 e. The first kappa shape index (κ1) is 32.0. The van der Waals surface area contributed by atoms with Crippen molar-refractivity contribution in [2.24, 2.45) is 0 Å². The van der Waals surface area contributed by atoms with E-state index < -0.39 is 12.2 Å². The number of ether oxygens (including phenoxy) is 2. The molecule has 0 spiro atoms. The zero-order chi connectivity index (χ0) is 14.8. The molecule has 0 aliphatic heterocycles. The molecule has 2 N–H and O–H groups in total. The molecule has 2 radical (unpaired) electrons. The minimum atomic E-state index is -0.995. The molecule has 0 aromatic heterocycles. The van der Waals surface area contributed by atoms with Crippen molar-refractivity contribution in [1.29, 1.82) is 0 Å². The maximum absolute atomic E-state index is 9.83. The smallest absolute Gasteiger partial charge is 0.632 e. The van der Waals surface area contributed by atoms with E-state index in [0.717, 1.165) is 33.0 Å². The Balaban J connectivity index is -0.0000000558. The van der Waals surface area contributed by atoms with Gasteiger partial charge in [0.15, 0.2) is 0 Å². The van der Waals surface area contributed by atoms with Crippen LogP contribution in [0, 0.1) is 0 Å². The van der Waals surface area contributed by atoms with Gasteiger partial charge in [-0.3, -0.25) is 18.2 Å². The second-order valence-electron chi connectivity index (χ2n) is 2.26. The molecule has 0 rings (SSSR count). The van der Waals surface area contributed by atoms with E-state index in [0.29, 0.717) is 0 Å². The molecule has 12 heteroatoms. The molecule has 114 valence electrons. The third-order valence-corrected chi connectivity index (χ3v) is 2.33. The Kier molecular flexibility index (Phi) is 50.2. The zero-order valence-electron chi connectivity index (χ0n) is 11.0. The minimum absolute atomic E-state index is 0. The predicted molar refractivity (Wildman–Crippen MR) is 70.8 cm³/mol. The summed E-state index contributed by atoms with van der Waals surface area (Å²) in [5.41, 5.74) is 11.9. The molecule has 0 aliphatic carbocycles. The van der Waals surface area contributed by atoms with E-state index in [4.69, 9.17) is 11.5 Å². The van der Waals surface area contributed by atoms with Crippen molar-refractivity contribution in [1.82, 2.24) is 0 Å². The van der Waals surface area contributed by atoms with E-state index in [-0.39, 0.29) is 54.2 Å². The van der Waals surface area contributed by atoms with Crippen molar-refractivity contribution < 1.29 is 65.5 Å². The summed E-state index contributed by atoms with van der Waals surface area (Å²) in [7, 11) is 2.40. The van der Waals surface area contributed by atoms with Crippen LogP contribution in [-0.4, -0.2) is 44.8 Å². The SMILES string of the molecule is COC([NH-])=O.COC([NH-])=O.O=[C-]PCCC[PH+]=O.[V+2].[V]. The Morgan fingerprint density at radius 3 is 1.75 bits per heavy atom. The van der Waals surface area contributed by atoms with Gasteiger partial charge in [0.25, 0.3) is 0 Å². The van der Waals surface area contributed by atoms with Crippen molar-refractivity contribution in [2.45, 2.75) is 6.42 Å². The third kappa shape index (κ3) is 64.5. The summed E-state index contributed by atoms with van der Waals surface area (Å²) in [5, 5.41) is 0. The van der Waals surface area contributed by atoms with Crippen molar-refractivity contribution in [2.75, 3.05) is 26.5 Å². The Hall–Kier alpha value is -0.0912. The van der Waals surface area contributed by atoms with E-state index in [1.807, 2.05) is 0 Å². The number of amides is 2. The number of nitrogens with one attached hydrogen (secondary N) is 2. The van der Waals surface area contributed by atoms with Gasteiger partial charge in [0, 0.05) is 18.6 Å². The molecule has 20 heavy (non-hydrogen) atoms. The Bertz CT molecular complexity index is 225. The fourth-order valence-corrected chi connectivity index (χ4v) is 1.43. The monoisotopic (exact) mass is 400 g/mol. The fraction of sp³-hybridized carbons (Fsp3) is 0.625. The number of carbonyl (C=O) groups excluding carboxylic acids is 3. The first-order valence-electron chi connectivity index (χ1n) is 4.50. The molecular weight excluding hydrogens is 384 g/mol. The van der Waals surface area contributed by atoms with Gasteiger partial charge in [0.05, 0.1) is 14.2 Å². The van der Waals surface area contributed by atoms with Gasteiger partial charge in [-0.1, -0.05) is 10.7 Å². The molecule has 0 aromatic rings. The average Bonchev–Trinajstić information content (AvgIpc) is 2.36. The number of rotatable bonds is 5. The third-order valence-electron chi connectivity index (χ3n) is 1.02. The van der Waals surface area contributed by atoms with Crippen LogP contribution in [0.15, 0.2) is 0 Å². The quantitative estimate of drug-likeness (QED) is 0.396. The normalized spacial score (nSPS) is 7.70. The summed E-state index contributed by atoms with van der Waals surface area (Å²) in [5.74, 6) is 0. The molecule has 0 heterocycles. The number of methoxy groups -OCH3 is 2. The maximum atomic E-state index is 9.83. The largest absolute Gasteiger partial charge is 2.00 e. The molecule has 2 atom stereocenters. The van der Waals surface area contributed by atoms with Crippen LogP contribution in [0.4, 0.5) is 9.59 Å². The first-order chi connectivity index (χ1) is 8.45. The van der Waals surface area contributed by atoms with E-state index >= 15 is 0 Å². The first-order valence-corrected chi connectivity index (χ1v) is 6.82.